The van der Waals surface area contributed by atoms with Crippen molar-refractivity contribution < 1.29 is 32.5 Å². The van der Waals surface area contributed by atoms with Crippen molar-refractivity contribution in [3.63, 3.8) is 0 Å². The lowest BCUT2D eigenvalue weighted by Crippen LogP contribution is -2.08. The van der Waals surface area contributed by atoms with Gasteiger partial charge in [-0.25, -0.2) is 9.78 Å². The van der Waals surface area contributed by atoms with E-state index >= 15 is 0 Å². The van der Waals surface area contributed by atoms with Crippen LogP contribution in [0.1, 0.15) is 5.69 Å². The maximum atomic E-state index is 12.7. The predicted octanol–water partition coefficient (Wildman–Crippen LogP) is 4.60. The van der Waals surface area contributed by atoms with E-state index in [0.717, 1.165) is 6.07 Å². The number of halogens is 4. The second-order valence-corrected chi connectivity index (χ2v) is 4.36. The standard InChI is InChI=1S/C13H7ClF3NO4/c14-7-5-10(13(15,16)17)18-11(6-7)21-8-3-1-2-4-9(8)22-12(19)20/h1-6H,(H,19,20). The minimum absolute atomic E-state index is 0.118. The van der Waals surface area contributed by atoms with Crippen LogP contribution >= 0.6 is 11.6 Å². The maximum absolute atomic E-state index is 12.7. The van der Waals surface area contributed by atoms with Crippen molar-refractivity contribution >= 4 is 17.8 Å². The van der Waals surface area contributed by atoms with Crippen molar-refractivity contribution in [1.82, 2.24) is 4.98 Å². The minimum Gasteiger partial charge on any atom is -0.449 e. The molecule has 5 nitrogen and oxygen atoms in total. The lowest BCUT2D eigenvalue weighted by molar-refractivity contribution is -0.141. The van der Waals surface area contributed by atoms with Crippen molar-refractivity contribution in [2.75, 3.05) is 0 Å². The van der Waals surface area contributed by atoms with Crippen LogP contribution in [0.5, 0.6) is 17.4 Å². The highest BCUT2D eigenvalue weighted by Gasteiger charge is 2.33. The Morgan fingerprint density at radius 1 is 1.18 bits per heavy atom. The lowest BCUT2D eigenvalue weighted by atomic mass is 10.3. The van der Waals surface area contributed by atoms with Crippen molar-refractivity contribution in [2.24, 2.45) is 0 Å². The Labute approximate surface area is 126 Å². The zero-order valence-electron chi connectivity index (χ0n) is 10.6. The van der Waals surface area contributed by atoms with Crippen LogP contribution in [0.3, 0.4) is 0 Å². The van der Waals surface area contributed by atoms with Gasteiger partial charge in [0.1, 0.15) is 5.69 Å². The number of ether oxygens (including phenoxy) is 2. The van der Waals surface area contributed by atoms with Gasteiger partial charge >= 0.3 is 12.3 Å². The van der Waals surface area contributed by atoms with Crippen LogP contribution < -0.4 is 9.47 Å². The molecule has 1 aromatic carbocycles. The molecule has 0 unspecified atom stereocenters. The number of alkyl halides is 3. The summed E-state index contributed by atoms with van der Waals surface area (Å²) in [4.78, 5) is 13.8. The highest BCUT2D eigenvalue weighted by Crippen LogP contribution is 2.35. The van der Waals surface area contributed by atoms with Gasteiger partial charge in [-0.05, 0) is 18.2 Å². The van der Waals surface area contributed by atoms with E-state index in [4.69, 9.17) is 21.4 Å². The van der Waals surface area contributed by atoms with Gasteiger partial charge in [-0.1, -0.05) is 23.7 Å². The van der Waals surface area contributed by atoms with Gasteiger partial charge in [0.15, 0.2) is 11.5 Å². The maximum Gasteiger partial charge on any atom is 0.511 e. The van der Waals surface area contributed by atoms with Gasteiger partial charge in [0.05, 0.1) is 0 Å². The number of para-hydroxylation sites is 2. The Kier molecular flexibility index (Phi) is 4.41. The lowest BCUT2D eigenvalue weighted by Gasteiger charge is -2.11. The van der Waals surface area contributed by atoms with E-state index in [1.807, 2.05) is 0 Å². The highest BCUT2D eigenvalue weighted by atomic mass is 35.5. The van der Waals surface area contributed by atoms with Crippen LogP contribution in [-0.2, 0) is 6.18 Å². The van der Waals surface area contributed by atoms with E-state index in [2.05, 4.69) is 9.72 Å². The molecule has 1 N–H and O–H groups in total. The largest absolute Gasteiger partial charge is 0.511 e. The monoisotopic (exact) mass is 333 g/mol. The molecule has 0 aliphatic heterocycles. The fraction of sp³-hybridized carbons (Fsp3) is 0.0769. The minimum atomic E-state index is -4.69. The number of aromatic nitrogens is 1. The fourth-order valence-corrected chi connectivity index (χ4v) is 1.69. The molecular formula is C13H7ClF3NO4. The van der Waals surface area contributed by atoms with Gasteiger partial charge in [-0.15, -0.1) is 0 Å². The Bertz CT molecular complexity index is 706. The van der Waals surface area contributed by atoms with Crippen LogP contribution in [0.15, 0.2) is 36.4 Å². The molecule has 9 heteroatoms. The summed E-state index contributed by atoms with van der Waals surface area (Å²) in [6, 6.07) is 7.26. The topological polar surface area (TPSA) is 68.7 Å². The van der Waals surface area contributed by atoms with E-state index in [9.17, 15) is 18.0 Å². The summed E-state index contributed by atoms with van der Waals surface area (Å²) >= 11 is 5.60. The van der Waals surface area contributed by atoms with Crippen LogP contribution in [-0.4, -0.2) is 16.2 Å². The first-order valence-electron chi connectivity index (χ1n) is 5.68. The van der Waals surface area contributed by atoms with Crippen LogP contribution in [0, 0.1) is 0 Å². The van der Waals surface area contributed by atoms with Gasteiger partial charge < -0.3 is 14.6 Å². The molecule has 1 aromatic heterocycles. The van der Waals surface area contributed by atoms with Gasteiger partial charge in [0, 0.05) is 11.1 Å². The van der Waals surface area contributed by atoms with Crippen molar-refractivity contribution in [3.8, 4) is 17.4 Å². The van der Waals surface area contributed by atoms with Crippen LogP contribution in [0.2, 0.25) is 5.02 Å². The summed E-state index contributed by atoms with van der Waals surface area (Å²) in [5.41, 5.74) is -1.23. The number of pyridine rings is 1. The van der Waals surface area contributed by atoms with E-state index in [-0.39, 0.29) is 16.5 Å². The Hall–Kier alpha value is -2.48. The average molecular weight is 334 g/mol. The third-order valence-electron chi connectivity index (χ3n) is 2.32. The summed E-state index contributed by atoms with van der Waals surface area (Å²) in [6.07, 6.45) is -6.29. The summed E-state index contributed by atoms with van der Waals surface area (Å²) in [5.74, 6) is -0.751. The molecule has 2 rings (SSSR count). The Morgan fingerprint density at radius 3 is 2.41 bits per heavy atom. The molecule has 116 valence electrons. The first-order valence-corrected chi connectivity index (χ1v) is 6.06. The fourth-order valence-electron chi connectivity index (χ4n) is 1.50. The molecule has 0 aliphatic carbocycles. The van der Waals surface area contributed by atoms with Gasteiger partial charge in [-0.2, -0.15) is 13.2 Å². The molecule has 0 amide bonds. The number of rotatable bonds is 3. The van der Waals surface area contributed by atoms with E-state index in [1.165, 1.54) is 24.3 Å². The summed E-state index contributed by atoms with van der Waals surface area (Å²) in [6.45, 7) is 0. The Balaban J connectivity index is 2.35. The average Bonchev–Trinajstić information content (AvgIpc) is 2.39. The van der Waals surface area contributed by atoms with Gasteiger partial charge in [-0.3, -0.25) is 0 Å². The summed E-state index contributed by atoms with van der Waals surface area (Å²) in [7, 11) is 0. The molecule has 1 heterocycles. The first kappa shape index (κ1) is 15.9. The van der Waals surface area contributed by atoms with Crippen molar-refractivity contribution in [3.05, 3.63) is 47.1 Å². The molecule has 0 aliphatic rings. The molecule has 0 radical (unpaired) electrons. The molecule has 0 bridgehead atoms. The van der Waals surface area contributed by atoms with Gasteiger partial charge in [0.25, 0.3) is 0 Å². The number of nitrogens with zero attached hydrogens (tertiary/aromatic N) is 1. The molecule has 0 fully saturated rings. The van der Waals surface area contributed by atoms with E-state index in [0.29, 0.717) is 6.07 Å². The molecule has 22 heavy (non-hydrogen) atoms. The molecule has 0 saturated heterocycles. The number of benzene rings is 1. The number of hydrogen-bond acceptors (Lipinski definition) is 4. The number of carbonyl (C=O) groups is 1. The second-order valence-electron chi connectivity index (χ2n) is 3.92. The third-order valence-corrected chi connectivity index (χ3v) is 2.54. The Morgan fingerprint density at radius 2 is 1.82 bits per heavy atom. The normalized spacial score (nSPS) is 11.1. The second kappa shape index (κ2) is 6.10. The van der Waals surface area contributed by atoms with Crippen molar-refractivity contribution in [1.29, 1.82) is 0 Å². The zero-order chi connectivity index (χ0) is 16.3. The third kappa shape index (κ3) is 4.01. The number of hydrogen-bond donors (Lipinski definition) is 1. The first-order chi connectivity index (χ1) is 10.3. The smallest absolute Gasteiger partial charge is 0.449 e. The van der Waals surface area contributed by atoms with E-state index < -0.39 is 23.9 Å². The number of carboxylic acid groups (broad SMARTS) is 1. The molecule has 0 atom stereocenters. The molecule has 2 aromatic rings. The highest BCUT2D eigenvalue weighted by molar-refractivity contribution is 6.30. The summed E-state index contributed by atoms with van der Waals surface area (Å²) < 4.78 is 47.6. The predicted molar refractivity (Wildman–Crippen MR) is 69.4 cm³/mol. The quantitative estimate of drug-likeness (QED) is 0.656. The van der Waals surface area contributed by atoms with Crippen molar-refractivity contribution in [2.45, 2.75) is 6.18 Å². The zero-order valence-corrected chi connectivity index (χ0v) is 11.4. The van der Waals surface area contributed by atoms with Gasteiger partial charge in [0.2, 0.25) is 5.88 Å². The molecular weight excluding hydrogens is 327 g/mol. The van der Waals surface area contributed by atoms with Crippen LogP contribution in [0.4, 0.5) is 18.0 Å². The summed E-state index contributed by atoms with van der Waals surface area (Å²) in [5, 5.41) is 8.36. The molecule has 0 spiro atoms. The van der Waals surface area contributed by atoms with E-state index in [1.54, 1.807) is 0 Å². The molecule has 0 saturated carbocycles. The SMILES string of the molecule is O=C(O)Oc1ccccc1Oc1cc(Cl)cc(C(F)(F)F)n1. The van der Waals surface area contributed by atoms with Crippen LogP contribution in [0.25, 0.3) is 0 Å².